The van der Waals surface area contributed by atoms with E-state index in [-0.39, 0.29) is 10.8 Å². The van der Waals surface area contributed by atoms with Crippen molar-refractivity contribution in [3.05, 3.63) is 42.3 Å². The predicted octanol–water partition coefficient (Wildman–Crippen LogP) is 7.67. The Morgan fingerprint density at radius 3 is 0.962 bits per heavy atom. The number of rotatable bonds is 2. The third-order valence-corrected chi connectivity index (χ3v) is 9.33. The van der Waals surface area contributed by atoms with E-state index in [1.165, 1.54) is 11.1 Å². The maximum absolute atomic E-state index is 9.75. The molecule has 0 spiro atoms. The molecule has 26 heavy (non-hydrogen) atoms. The zero-order valence-corrected chi connectivity index (χ0v) is 18.8. The topological polar surface area (TPSA) is 0 Å². The fraction of sp³-hybridized carbons (Fsp3) is 0.600. The molecule has 0 heterocycles. The smallest absolute Gasteiger partial charge is 0.418 e. The molecule has 0 amide bonds. The minimum atomic E-state index is -6.00. The molecule has 0 radical (unpaired) electrons. The summed E-state index contributed by atoms with van der Waals surface area (Å²) in [7, 11) is -6.00. The third kappa shape index (κ3) is 4.39. The molecular formula is C20H30BCrF4-. The van der Waals surface area contributed by atoms with Crippen LogP contribution in [0.3, 0.4) is 0 Å². The Kier molecular flexibility index (Phi) is 6.60. The van der Waals surface area contributed by atoms with Gasteiger partial charge in [0, 0.05) is 0 Å². The molecule has 0 unspecified atom stereocenters. The second-order valence-corrected chi connectivity index (χ2v) is 9.85. The molecule has 0 nitrogen and oxygen atoms in total. The normalized spacial score (nSPS) is 22.4. The van der Waals surface area contributed by atoms with Gasteiger partial charge >= 0.3 is 145 Å². The zero-order chi connectivity index (χ0) is 20.8. The van der Waals surface area contributed by atoms with E-state index >= 15 is 0 Å². The summed E-state index contributed by atoms with van der Waals surface area (Å²) in [4.78, 5) is 0. The van der Waals surface area contributed by atoms with Crippen LogP contribution in [-0.4, -0.2) is 7.25 Å². The fourth-order valence-electron chi connectivity index (χ4n) is 3.63. The molecule has 148 valence electrons. The molecule has 0 aromatic heterocycles. The molecule has 2 rings (SSSR count). The third-order valence-electron chi connectivity index (χ3n) is 6.15. The van der Waals surface area contributed by atoms with Crippen molar-refractivity contribution < 1.29 is 32.5 Å². The molecule has 0 atom stereocenters. The van der Waals surface area contributed by atoms with Crippen LogP contribution in [0.1, 0.15) is 69.2 Å². The van der Waals surface area contributed by atoms with E-state index in [9.17, 15) is 17.3 Å². The van der Waals surface area contributed by atoms with Gasteiger partial charge in [0.25, 0.3) is 0 Å². The van der Waals surface area contributed by atoms with E-state index < -0.39 is 7.25 Å². The summed E-state index contributed by atoms with van der Waals surface area (Å²) in [5.74, 6) is 0. The van der Waals surface area contributed by atoms with Crippen LogP contribution in [0.4, 0.5) is 17.3 Å². The Morgan fingerprint density at radius 1 is 0.577 bits per heavy atom. The fourth-order valence-corrected chi connectivity index (χ4v) is 6.18. The molecule has 2 aliphatic carbocycles. The second-order valence-electron chi connectivity index (χ2n) is 8.26. The molecule has 0 bridgehead atoms. The van der Waals surface area contributed by atoms with E-state index in [2.05, 4.69) is 69.2 Å². The van der Waals surface area contributed by atoms with Crippen molar-refractivity contribution in [1.29, 1.82) is 0 Å². The van der Waals surface area contributed by atoms with Crippen LogP contribution in [-0.2, 0) is 15.2 Å². The van der Waals surface area contributed by atoms with Gasteiger partial charge in [-0.25, -0.2) is 0 Å². The molecule has 0 N–H and O–H groups in total. The van der Waals surface area contributed by atoms with Crippen molar-refractivity contribution >= 4 is 7.25 Å². The van der Waals surface area contributed by atoms with E-state index in [0.717, 1.165) is 0 Å². The van der Waals surface area contributed by atoms with Crippen LogP contribution in [0.25, 0.3) is 0 Å². The van der Waals surface area contributed by atoms with Gasteiger partial charge in [0.15, 0.2) is 0 Å². The minimum Gasteiger partial charge on any atom is -0.418 e. The number of hydrogen-bond acceptors (Lipinski definition) is 0. The van der Waals surface area contributed by atoms with E-state index in [4.69, 9.17) is 0 Å². The van der Waals surface area contributed by atoms with E-state index in [0.29, 0.717) is 15.2 Å². The summed E-state index contributed by atoms with van der Waals surface area (Å²) >= 11 is 0.444. The maximum atomic E-state index is 9.75. The van der Waals surface area contributed by atoms with Gasteiger partial charge in [-0.15, -0.1) is 0 Å². The number of hydrogen-bond donors (Lipinski definition) is 0. The molecular weight excluding hydrogens is 379 g/mol. The van der Waals surface area contributed by atoms with Crippen molar-refractivity contribution in [3.8, 4) is 0 Å². The summed E-state index contributed by atoms with van der Waals surface area (Å²) in [5.41, 5.74) is 9.75. The first-order valence-electron chi connectivity index (χ1n) is 8.78. The number of halogens is 4. The maximum Gasteiger partial charge on any atom is 0.673 e. The van der Waals surface area contributed by atoms with Gasteiger partial charge in [-0.3, -0.25) is 0 Å². The average molecular weight is 409 g/mol. The molecule has 0 aromatic rings. The minimum absolute atomic E-state index is 0.238. The summed E-state index contributed by atoms with van der Waals surface area (Å²) < 4.78 is 42.4. The Bertz CT molecular complexity index is 669. The molecule has 0 saturated heterocycles. The monoisotopic (exact) mass is 409 g/mol. The predicted molar refractivity (Wildman–Crippen MR) is 99.9 cm³/mol. The van der Waals surface area contributed by atoms with Gasteiger partial charge in [0.2, 0.25) is 0 Å². The van der Waals surface area contributed by atoms with E-state index in [1.54, 1.807) is 31.2 Å². The van der Waals surface area contributed by atoms with Gasteiger partial charge < -0.3 is 17.3 Å². The van der Waals surface area contributed by atoms with Crippen LogP contribution in [0.15, 0.2) is 42.3 Å². The van der Waals surface area contributed by atoms with Gasteiger partial charge in [-0.05, 0) is 0 Å². The standard InChI is InChI=1S/2C10H15.BF4.Cr/c2*1-7-6-10(4,5)9(3)8(7)2;2-1(3,4)5;/h2*1-5H3;;/q;;-1;. The van der Waals surface area contributed by atoms with E-state index in [1.807, 2.05) is 0 Å². The molecule has 0 aromatic carbocycles. The first-order chi connectivity index (χ1) is 11.4. The summed E-state index contributed by atoms with van der Waals surface area (Å²) in [6.07, 6.45) is 0. The first kappa shape index (κ1) is 23.3. The molecule has 6 heteroatoms. The van der Waals surface area contributed by atoms with Gasteiger partial charge in [-0.2, -0.15) is 0 Å². The van der Waals surface area contributed by atoms with Gasteiger partial charge in [0.1, 0.15) is 0 Å². The van der Waals surface area contributed by atoms with Crippen LogP contribution in [0, 0.1) is 10.8 Å². The van der Waals surface area contributed by atoms with Crippen molar-refractivity contribution in [3.63, 3.8) is 0 Å². The van der Waals surface area contributed by atoms with Crippen molar-refractivity contribution in [1.82, 2.24) is 0 Å². The van der Waals surface area contributed by atoms with Crippen LogP contribution in [0.2, 0.25) is 0 Å². The molecule has 2 aliphatic rings. The number of allylic oxidation sites excluding steroid dienone is 8. The quantitative estimate of drug-likeness (QED) is 0.324. The Labute approximate surface area is 162 Å². The molecule has 0 fully saturated rings. The average Bonchev–Trinajstić information content (AvgIpc) is 2.70. The van der Waals surface area contributed by atoms with Gasteiger partial charge in [0.05, 0.1) is 0 Å². The molecule has 0 aliphatic heterocycles. The Hall–Kier alpha value is -0.723. The zero-order valence-electron chi connectivity index (χ0n) is 17.5. The van der Waals surface area contributed by atoms with Gasteiger partial charge in [-0.1, -0.05) is 0 Å². The van der Waals surface area contributed by atoms with Crippen molar-refractivity contribution in [2.45, 2.75) is 69.2 Å². The summed E-state index contributed by atoms with van der Waals surface area (Å²) in [5, 5.41) is 0. The largest absolute Gasteiger partial charge is 0.673 e. The SMILES string of the molecule is CC1=C(C)C(C)(C)[C]([Cr][C]2=C(C)C(C)=C(C)C2(C)C)=C1C.F[B-](F)(F)F. The van der Waals surface area contributed by atoms with Crippen molar-refractivity contribution in [2.75, 3.05) is 0 Å². The first-order valence-corrected chi connectivity index (χ1v) is 10.1. The van der Waals surface area contributed by atoms with Crippen LogP contribution in [0.5, 0.6) is 0 Å². The Balaban J connectivity index is 0.000000597. The van der Waals surface area contributed by atoms with Crippen LogP contribution >= 0.6 is 0 Å². The van der Waals surface area contributed by atoms with Crippen molar-refractivity contribution in [2.24, 2.45) is 10.8 Å². The Morgan fingerprint density at radius 2 is 0.808 bits per heavy atom. The second kappa shape index (κ2) is 7.36. The summed E-state index contributed by atoms with van der Waals surface area (Å²) in [6, 6.07) is 0. The molecule has 0 saturated carbocycles. The summed E-state index contributed by atoms with van der Waals surface area (Å²) in [6.45, 7) is 23.5. The van der Waals surface area contributed by atoms with Crippen LogP contribution < -0.4 is 0 Å².